The van der Waals surface area contributed by atoms with Gasteiger partial charge in [0.05, 0.1) is 0 Å². The monoisotopic (exact) mass is 162 g/mol. The smallest absolute Gasteiger partial charge is 0.274 e. The number of rotatable bonds is 1. The maximum absolute atomic E-state index is 11.2. The van der Waals surface area contributed by atoms with Crippen LogP contribution in [0.4, 0.5) is 0 Å². The topological polar surface area (TPSA) is 63.6 Å². The first-order chi connectivity index (χ1) is 5.88. The van der Waals surface area contributed by atoms with Crippen molar-refractivity contribution >= 4 is 0 Å². The van der Waals surface area contributed by atoms with Gasteiger partial charge in [0.15, 0.2) is 0 Å². The van der Waals surface area contributed by atoms with Crippen molar-refractivity contribution in [3.8, 4) is 5.95 Å². The molecular formula is C7H6N4O. The Morgan fingerprint density at radius 3 is 3.00 bits per heavy atom. The minimum absolute atomic E-state index is 0.201. The highest BCUT2D eigenvalue weighted by Gasteiger charge is 1.99. The van der Waals surface area contributed by atoms with E-state index in [1.165, 1.54) is 16.9 Å². The molecule has 0 aromatic carbocycles. The summed E-state index contributed by atoms with van der Waals surface area (Å²) >= 11 is 0. The summed E-state index contributed by atoms with van der Waals surface area (Å²) in [5.74, 6) is 0.431. The number of imidazole rings is 1. The van der Waals surface area contributed by atoms with Gasteiger partial charge in [-0.2, -0.15) is 9.78 Å². The summed E-state index contributed by atoms with van der Waals surface area (Å²) in [6, 6.07) is 3.01. The van der Waals surface area contributed by atoms with Crippen LogP contribution < -0.4 is 5.56 Å². The van der Waals surface area contributed by atoms with Gasteiger partial charge >= 0.3 is 0 Å². The van der Waals surface area contributed by atoms with Crippen LogP contribution in [-0.4, -0.2) is 19.7 Å². The van der Waals surface area contributed by atoms with E-state index in [9.17, 15) is 4.79 Å². The zero-order valence-electron chi connectivity index (χ0n) is 6.14. The first kappa shape index (κ1) is 6.78. The molecule has 0 spiro atoms. The number of aromatic amines is 1. The van der Waals surface area contributed by atoms with Crippen LogP contribution in [0.1, 0.15) is 0 Å². The summed E-state index contributed by atoms with van der Waals surface area (Å²) in [5, 5.41) is 3.83. The quantitative estimate of drug-likeness (QED) is 0.639. The predicted octanol–water partition coefficient (Wildman–Crippen LogP) is -0.0444. The van der Waals surface area contributed by atoms with Gasteiger partial charge in [-0.25, -0.2) is 4.98 Å². The van der Waals surface area contributed by atoms with Gasteiger partial charge in [0.25, 0.3) is 5.56 Å². The lowest BCUT2D eigenvalue weighted by atomic mass is 10.6. The SMILES string of the molecule is O=c1cccnn1-c1ncc[nH]1. The molecule has 12 heavy (non-hydrogen) atoms. The molecule has 2 aromatic rings. The molecule has 2 heterocycles. The predicted molar refractivity (Wildman–Crippen MR) is 42.0 cm³/mol. The fourth-order valence-corrected chi connectivity index (χ4v) is 0.890. The highest BCUT2D eigenvalue weighted by atomic mass is 16.1. The molecule has 2 rings (SSSR count). The lowest BCUT2D eigenvalue weighted by Gasteiger charge is -1.95. The van der Waals surface area contributed by atoms with E-state index in [1.54, 1.807) is 18.5 Å². The zero-order chi connectivity index (χ0) is 8.39. The van der Waals surface area contributed by atoms with Crippen molar-refractivity contribution in [2.24, 2.45) is 0 Å². The average molecular weight is 162 g/mol. The highest BCUT2D eigenvalue weighted by molar-refractivity contribution is 5.07. The van der Waals surface area contributed by atoms with Gasteiger partial charge in [0, 0.05) is 24.7 Å². The summed E-state index contributed by atoms with van der Waals surface area (Å²) in [4.78, 5) is 17.8. The van der Waals surface area contributed by atoms with Crippen molar-refractivity contribution in [1.82, 2.24) is 19.7 Å². The Labute approximate surface area is 67.7 Å². The summed E-state index contributed by atoms with van der Waals surface area (Å²) in [6.45, 7) is 0. The number of aromatic nitrogens is 4. The Morgan fingerprint density at radius 1 is 1.42 bits per heavy atom. The summed E-state index contributed by atoms with van der Waals surface area (Å²) < 4.78 is 1.19. The molecule has 0 aliphatic carbocycles. The Balaban J connectivity index is 2.63. The summed E-state index contributed by atoms with van der Waals surface area (Å²) in [7, 11) is 0. The second kappa shape index (κ2) is 2.61. The van der Waals surface area contributed by atoms with E-state index in [0.717, 1.165) is 0 Å². The minimum atomic E-state index is -0.201. The van der Waals surface area contributed by atoms with E-state index in [2.05, 4.69) is 15.1 Å². The highest BCUT2D eigenvalue weighted by Crippen LogP contribution is 1.90. The molecule has 5 nitrogen and oxygen atoms in total. The molecule has 2 aromatic heterocycles. The average Bonchev–Trinajstić information content (AvgIpc) is 2.57. The largest absolute Gasteiger partial charge is 0.329 e. The van der Waals surface area contributed by atoms with E-state index >= 15 is 0 Å². The van der Waals surface area contributed by atoms with Crippen molar-refractivity contribution in [2.75, 3.05) is 0 Å². The van der Waals surface area contributed by atoms with E-state index in [1.807, 2.05) is 0 Å². The lowest BCUT2D eigenvalue weighted by Crippen LogP contribution is -2.20. The molecular weight excluding hydrogens is 156 g/mol. The second-order valence-corrected chi connectivity index (χ2v) is 2.19. The van der Waals surface area contributed by atoms with Crippen molar-refractivity contribution in [1.29, 1.82) is 0 Å². The van der Waals surface area contributed by atoms with Crippen LogP contribution in [0.5, 0.6) is 0 Å². The van der Waals surface area contributed by atoms with Crippen LogP contribution in [0.15, 0.2) is 35.5 Å². The third-order valence-electron chi connectivity index (χ3n) is 1.40. The van der Waals surface area contributed by atoms with Gasteiger partial charge in [0.1, 0.15) is 0 Å². The van der Waals surface area contributed by atoms with Gasteiger partial charge in [-0.05, 0) is 6.07 Å². The molecule has 5 heteroatoms. The summed E-state index contributed by atoms with van der Waals surface area (Å²) in [5.41, 5.74) is -0.201. The number of hydrogen-bond donors (Lipinski definition) is 1. The molecule has 0 unspecified atom stereocenters. The maximum Gasteiger partial charge on any atom is 0.274 e. The van der Waals surface area contributed by atoms with Crippen molar-refractivity contribution < 1.29 is 0 Å². The molecule has 0 fully saturated rings. The Morgan fingerprint density at radius 2 is 2.33 bits per heavy atom. The van der Waals surface area contributed by atoms with Crippen molar-refractivity contribution in [2.45, 2.75) is 0 Å². The lowest BCUT2D eigenvalue weighted by molar-refractivity contribution is 0.764. The van der Waals surface area contributed by atoms with Gasteiger partial charge in [-0.1, -0.05) is 0 Å². The standard InChI is InChI=1S/C7H6N4O/c12-6-2-1-3-10-11(6)7-8-4-5-9-7/h1-5H,(H,8,9). The fourth-order valence-electron chi connectivity index (χ4n) is 0.890. The summed E-state index contributed by atoms with van der Waals surface area (Å²) in [6.07, 6.45) is 4.73. The van der Waals surface area contributed by atoms with Crippen molar-refractivity contribution in [3.63, 3.8) is 0 Å². The molecule has 0 aliphatic heterocycles. The molecule has 0 saturated heterocycles. The van der Waals surface area contributed by atoms with Gasteiger partial charge in [-0.3, -0.25) is 4.79 Å². The molecule has 0 atom stereocenters. The fraction of sp³-hybridized carbons (Fsp3) is 0. The number of nitrogens with zero attached hydrogens (tertiary/aromatic N) is 3. The van der Waals surface area contributed by atoms with Crippen LogP contribution in [0.2, 0.25) is 0 Å². The molecule has 1 N–H and O–H groups in total. The number of H-pyrrole nitrogens is 1. The van der Waals surface area contributed by atoms with E-state index in [4.69, 9.17) is 0 Å². The molecule has 0 aliphatic rings. The third-order valence-corrected chi connectivity index (χ3v) is 1.40. The number of nitrogens with one attached hydrogen (secondary N) is 1. The first-order valence-electron chi connectivity index (χ1n) is 3.42. The Hall–Kier alpha value is -1.91. The Bertz CT molecular complexity index is 417. The number of hydrogen-bond acceptors (Lipinski definition) is 3. The zero-order valence-corrected chi connectivity index (χ0v) is 6.14. The maximum atomic E-state index is 11.2. The third kappa shape index (κ3) is 1.01. The van der Waals surface area contributed by atoms with Crippen LogP contribution in [0, 0.1) is 0 Å². The normalized spacial score (nSPS) is 10.0. The minimum Gasteiger partial charge on any atom is -0.329 e. The van der Waals surface area contributed by atoms with Gasteiger partial charge < -0.3 is 4.98 Å². The van der Waals surface area contributed by atoms with Crippen LogP contribution in [-0.2, 0) is 0 Å². The van der Waals surface area contributed by atoms with Gasteiger partial charge in [0.2, 0.25) is 5.95 Å². The molecule has 0 bridgehead atoms. The van der Waals surface area contributed by atoms with Crippen LogP contribution >= 0.6 is 0 Å². The van der Waals surface area contributed by atoms with Crippen LogP contribution in [0.3, 0.4) is 0 Å². The van der Waals surface area contributed by atoms with Crippen molar-refractivity contribution in [3.05, 3.63) is 41.1 Å². The molecule has 0 saturated carbocycles. The first-order valence-corrected chi connectivity index (χ1v) is 3.42. The van der Waals surface area contributed by atoms with E-state index < -0.39 is 0 Å². The van der Waals surface area contributed by atoms with Crippen LogP contribution in [0.25, 0.3) is 5.95 Å². The van der Waals surface area contributed by atoms with E-state index in [-0.39, 0.29) is 5.56 Å². The second-order valence-electron chi connectivity index (χ2n) is 2.19. The molecule has 0 amide bonds. The van der Waals surface area contributed by atoms with E-state index in [0.29, 0.717) is 5.95 Å². The molecule has 60 valence electrons. The molecule has 0 radical (unpaired) electrons. The van der Waals surface area contributed by atoms with Gasteiger partial charge in [-0.15, -0.1) is 0 Å². The Kier molecular flexibility index (Phi) is 1.48.